The van der Waals surface area contributed by atoms with Crippen molar-refractivity contribution in [3.05, 3.63) is 42.2 Å². The van der Waals surface area contributed by atoms with Crippen molar-refractivity contribution >= 4 is 5.78 Å². The number of ketones is 1. The number of allylic oxidation sites excluding steroid dienone is 1. The predicted molar refractivity (Wildman–Crippen MR) is 55.6 cm³/mol. The fraction of sp³-hybridized carbons (Fsp3) is 0.250. The maximum Gasteiger partial charge on any atom is 0.162 e. The van der Waals surface area contributed by atoms with E-state index >= 15 is 0 Å². The van der Waals surface area contributed by atoms with E-state index in [-0.39, 0.29) is 11.9 Å². The molecular weight excluding hydrogens is 192 g/mol. The van der Waals surface area contributed by atoms with Gasteiger partial charge in [-0.2, -0.15) is 0 Å². The fourth-order valence-corrected chi connectivity index (χ4v) is 1.55. The van der Waals surface area contributed by atoms with E-state index in [4.69, 9.17) is 9.47 Å². The third-order valence-corrected chi connectivity index (χ3v) is 2.35. The van der Waals surface area contributed by atoms with Gasteiger partial charge in [-0.05, 0) is 17.7 Å². The van der Waals surface area contributed by atoms with E-state index in [0.29, 0.717) is 6.42 Å². The molecule has 1 aliphatic heterocycles. The first-order valence-electron chi connectivity index (χ1n) is 4.78. The summed E-state index contributed by atoms with van der Waals surface area (Å²) >= 11 is 0. The van der Waals surface area contributed by atoms with Crippen molar-refractivity contribution in [3.8, 4) is 5.75 Å². The minimum atomic E-state index is -0.183. The van der Waals surface area contributed by atoms with Crippen molar-refractivity contribution in [2.75, 3.05) is 7.11 Å². The lowest BCUT2D eigenvalue weighted by Crippen LogP contribution is -2.11. The number of benzene rings is 1. The Morgan fingerprint density at radius 3 is 3.07 bits per heavy atom. The van der Waals surface area contributed by atoms with Crippen molar-refractivity contribution in [2.24, 2.45) is 0 Å². The van der Waals surface area contributed by atoms with Gasteiger partial charge in [0.25, 0.3) is 0 Å². The number of ether oxygens (including phenoxy) is 2. The summed E-state index contributed by atoms with van der Waals surface area (Å²) in [6, 6.07) is 7.57. The number of carbonyl (C=O) groups excluding carboxylic acids is 1. The van der Waals surface area contributed by atoms with Gasteiger partial charge in [0, 0.05) is 6.08 Å². The molecule has 1 aromatic carbocycles. The zero-order valence-corrected chi connectivity index (χ0v) is 8.47. The minimum absolute atomic E-state index is 0.0917. The van der Waals surface area contributed by atoms with Crippen LogP contribution in [0.25, 0.3) is 0 Å². The average Bonchev–Trinajstić information content (AvgIpc) is 2.29. The Balaban J connectivity index is 2.22. The molecule has 0 amide bonds. The maximum atomic E-state index is 11.2. The first kappa shape index (κ1) is 9.77. The van der Waals surface area contributed by atoms with Crippen LogP contribution in [0.3, 0.4) is 0 Å². The quantitative estimate of drug-likeness (QED) is 0.741. The highest BCUT2D eigenvalue weighted by Gasteiger charge is 2.18. The molecule has 0 unspecified atom stereocenters. The number of methoxy groups -OCH3 is 1. The molecule has 78 valence electrons. The first-order valence-corrected chi connectivity index (χ1v) is 4.78. The molecular formula is C12H12O3. The summed E-state index contributed by atoms with van der Waals surface area (Å²) in [7, 11) is 1.62. The highest BCUT2D eigenvalue weighted by molar-refractivity contribution is 5.90. The van der Waals surface area contributed by atoms with Gasteiger partial charge < -0.3 is 9.47 Å². The van der Waals surface area contributed by atoms with Crippen LogP contribution in [-0.4, -0.2) is 12.9 Å². The molecule has 0 aromatic heterocycles. The van der Waals surface area contributed by atoms with Gasteiger partial charge in [0.2, 0.25) is 0 Å². The zero-order valence-electron chi connectivity index (χ0n) is 8.47. The number of rotatable bonds is 2. The Bertz CT molecular complexity index is 396. The van der Waals surface area contributed by atoms with Crippen LogP contribution < -0.4 is 4.74 Å². The molecule has 3 nitrogen and oxygen atoms in total. The molecule has 0 N–H and O–H groups in total. The largest absolute Gasteiger partial charge is 0.497 e. The normalized spacial score (nSPS) is 19.8. The molecule has 2 rings (SSSR count). The van der Waals surface area contributed by atoms with Crippen LogP contribution in [0, 0.1) is 0 Å². The Morgan fingerprint density at radius 2 is 2.33 bits per heavy atom. The third-order valence-electron chi connectivity index (χ3n) is 2.35. The number of hydrogen-bond donors (Lipinski definition) is 0. The predicted octanol–water partition coefficient (Wildman–Crippen LogP) is 2.24. The molecule has 0 aliphatic carbocycles. The Kier molecular flexibility index (Phi) is 2.72. The molecule has 0 saturated heterocycles. The van der Waals surface area contributed by atoms with Gasteiger partial charge in [-0.1, -0.05) is 12.1 Å². The summed E-state index contributed by atoms with van der Waals surface area (Å²) in [6.45, 7) is 0. The van der Waals surface area contributed by atoms with Crippen LogP contribution in [0.4, 0.5) is 0 Å². The van der Waals surface area contributed by atoms with E-state index in [0.717, 1.165) is 11.3 Å². The van der Waals surface area contributed by atoms with Gasteiger partial charge in [-0.3, -0.25) is 4.79 Å². The van der Waals surface area contributed by atoms with Crippen molar-refractivity contribution in [3.63, 3.8) is 0 Å². The summed E-state index contributed by atoms with van der Waals surface area (Å²) in [5.74, 6) is 0.868. The van der Waals surface area contributed by atoms with Crippen LogP contribution in [0.15, 0.2) is 36.6 Å². The molecule has 0 spiro atoms. The monoisotopic (exact) mass is 204 g/mol. The van der Waals surface area contributed by atoms with E-state index < -0.39 is 0 Å². The lowest BCUT2D eigenvalue weighted by Gasteiger charge is -2.19. The lowest BCUT2D eigenvalue weighted by molar-refractivity contribution is -0.118. The summed E-state index contributed by atoms with van der Waals surface area (Å²) in [5.41, 5.74) is 0.965. The summed E-state index contributed by atoms with van der Waals surface area (Å²) in [5, 5.41) is 0. The molecule has 1 aliphatic rings. The highest BCUT2D eigenvalue weighted by atomic mass is 16.5. The van der Waals surface area contributed by atoms with Crippen LogP contribution in [-0.2, 0) is 9.53 Å². The minimum Gasteiger partial charge on any atom is -0.497 e. The van der Waals surface area contributed by atoms with Crippen LogP contribution in [0.5, 0.6) is 5.75 Å². The van der Waals surface area contributed by atoms with Gasteiger partial charge in [0.15, 0.2) is 5.78 Å². The zero-order chi connectivity index (χ0) is 10.7. The van der Waals surface area contributed by atoms with E-state index in [9.17, 15) is 4.79 Å². The Labute approximate surface area is 88.3 Å². The van der Waals surface area contributed by atoms with Crippen LogP contribution in [0.2, 0.25) is 0 Å². The van der Waals surface area contributed by atoms with Crippen LogP contribution >= 0.6 is 0 Å². The van der Waals surface area contributed by atoms with Crippen molar-refractivity contribution in [1.29, 1.82) is 0 Å². The fourth-order valence-electron chi connectivity index (χ4n) is 1.55. The first-order chi connectivity index (χ1) is 7.29. The van der Waals surface area contributed by atoms with Gasteiger partial charge >= 0.3 is 0 Å². The van der Waals surface area contributed by atoms with Crippen molar-refractivity contribution < 1.29 is 14.3 Å². The second kappa shape index (κ2) is 4.17. The Morgan fingerprint density at radius 1 is 1.47 bits per heavy atom. The summed E-state index contributed by atoms with van der Waals surface area (Å²) in [4.78, 5) is 11.2. The Hall–Kier alpha value is -1.77. The number of carbonyl (C=O) groups is 1. The molecule has 1 aromatic rings. The summed E-state index contributed by atoms with van der Waals surface area (Å²) < 4.78 is 10.5. The second-order valence-electron chi connectivity index (χ2n) is 3.37. The van der Waals surface area contributed by atoms with Gasteiger partial charge in [-0.25, -0.2) is 0 Å². The molecule has 0 radical (unpaired) electrons. The number of hydrogen-bond acceptors (Lipinski definition) is 3. The average molecular weight is 204 g/mol. The van der Waals surface area contributed by atoms with E-state index in [1.54, 1.807) is 7.11 Å². The van der Waals surface area contributed by atoms with Crippen molar-refractivity contribution in [1.82, 2.24) is 0 Å². The smallest absolute Gasteiger partial charge is 0.162 e. The highest BCUT2D eigenvalue weighted by Crippen LogP contribution is 2.27. The van der Waals surface area contributed by atoms with E-state index in [1.165, 1.54) is 12.3 Å². The molecule has 15 heavy (non-hydrogen) atoms. The molecule has 1 heterocycles. The molecule has 1 atom stereocenters. The standard InChI is InChI=1S/C12H12O3/c1-14-11-4-2-3-9(7-11)12-8-10(13)5-6-15-12/h2-7,12H,8H2,1H3/t12-/m0/s1. The molecule has 0 fully saturated rings. The molecule has 0 bridgehead atoms. The topological polar surface area (TPSA) is 35.5 Å². The summed E-state index contributed by atoms with van der Waals surface area (Å²) in [6.07, 6.45) is 3.12. The second-order valence-corrected chi connectivity index (χ2v) is 3.37. The molecule has 0 saturated carbocycles. The van der Waals surface area contributed by atoms with Gasteiger partial charge in [0.1, 0.15) is 11.9 Å². The van der Waals surface area contributed by atoms with Crippen molar-refractivity contribution in [2.45, 2.75) is 12.5 Å². The van der Waals surface area contributed by atoms with E-state index in [1.807, 2.05) is 24.3 Å². The molecule has 3 heteroatoms. The third kappa shape index (κ3) is 2.18. The maximum absolute atomic E-state index is 11.2. The van der Waals surface area contributed by atoms with E-state index in [2.05, 4.69) is 0 Å². The van der Waals surface area contributed by atoms with Crippen LogP contribution in [0.1, 0.15) is 18.1 Å². The van der Waals surface area contributed by atoms with Gasteiger partial charge in [-0.15, -0.1) is 0 Å². The lowest BCUT2D eigenvalue weighted by atomic mass is 10.0. The van der Waals surface area contributed by atoms with Gasteiger partial charge in [0.05, 0.1) is 19.8 Å². The SMILES string of the molecule is COc1cccc([C@@H]2CC(=O)C=CO2)c1.